The summed E-state index contributed by atoms with van der Waals surface area (Å²) >= 11 is 0. The molecule has 3 heteroatoms. The molecular weight excluding hydrogens is 276 g/mol. The number of rotatable bonds is 1. The molecule has 0 unspecified atom stereocenters. The second-order valence-corrected chi connectivity index (χ2v) is 8.29. The third-order valence-electron chi connectivity index (χ3n) is 6.09. The van der Waals surface area contributed by atoms with Gasteiger partial charge in [0.1, 0.15) is 0 Å². The molecule has 0 radical (unpaired) electrons. The largest absolute Gasteiger partial charge is 0.390 e. The van der Waals surface area contributed by atoms with E-state index in [-0.39, 0.29) is 11.3 Å². The SMILES string of the molecule is CC(C)(O)c1ccc2c(c1)[C@H](O)C[C@H]1[C@](C)(O)CCC[C@]21C. The third-order valence-corrected chi connectivity index (χ3v) is 6.09. The molecule has 1 fully saturated rings. The van der Waals surface area contributed by atoms with Crippen molar-refractivity contribution in [2.24, 2.45) is 5.92 Å². The van der Waals surface area contributed by atoms with E-state index >= 15 is 0 Å². The van der Waals surface area contributed by atoms with Crippen molar-refractivity contribution in [3.8, 4) is 0 Å². The minimum atomic E-state index is -0.912. The topological polar surface area (TPSA) is 60.7 Å². The minimum absolute atomic E-state index is 0.0734. The molecule has 122 valence electrons. The van der Waals surface area contributed by atoms with E-state index in [1.54, 1.807) is 13.8 Å². The Morgan fingerprint density at radius 3 is 2.50 bits per heavy atom. The maximum Gasteiger partial charge on any atom is 0.0840 e. The summed E-state index contributed by atoms with van der Waals surface area (Å²) in [6.07, 6.45) is 2.86. The molecule has 0 spiro atoms. The van der Waals surface area contributed by atoms with Gasteiger partial charge >= 0.3 is 0 Å². The first kappa shape index (κ1) is 16.0. The van der Waals surface area contributed by atoms with Gasteiger partial charge in [0, 0.05) is 0 Å². The number of benzene rings is 1. The van der Waals surface area contributed by atoms with Crippen LogP contribution in [0.3, 0.4) is 0 Å². The molecule has 0 aliphatic heterocycles. The summed E-state index contributed by atoms with van der Waals surface area (Å²) in [5, 5.41) is 31.7. The normalized spacial score (nSPS) is 38.3. The Kier molecular flexibility index (Phi) is 3.48. The zero-order valence-corrected chi connectivity index (χ0v) is 14.1. The summed E-state index contributed by atoms with van der Waals surface area (Å²) < 4.78 is 0. The lowest BCUT2D eigenvalue weighted by atomic mass is 9.53. The Bertz CT molecular complexity index is 585. The summed E-state index contributed by atoms with van der Waals surface area (Å²) in [6, 6.07) is 5.96. The zero-order chi connectivity index (χ0) is 16.3. The van der Waals surface area contributed by atoms with Gasteiger partial charge in [0.05, 0.1) is 17.3 Å². The number of aliphatic hydroxyl groups is 3. The van der Waals surface area contributed by atoms with Crippen LogP contribution < -0.4 is 0 Å². The number of hydrogen-bond donors (Lipinski definition) is 3. The van der Waals surface area contributed by atoms with Gasteiger partial charge in [-0.05, 0) is 74.5 Å². The van der Waals surface area contributed by atoms with E-state index in [0.717, 1.165) is 36.0 Å². The predicted octanol–water partition coefficient (Wildman–Crippen LogP) is 3.16. The first-order valence-electron chi connectivity index (χ1n) is 8.33. The Morgan fingerprint density at radius 1 is 1.18 bits per heavy atom. The molecule has 1 aromatic rings. The van der Waals surface area contributed by atoms with E-state index < -0.39 is 17.3 Å². The molecule has 0 bridgehead atoms. The Morgan fingerprint density at radius 2 is 1.86 bits per heavy atom. The quantitative estimate of drug-likeness (QED) is 0.747. The van der Waals surface area contributed by atoms with Gasteiger partial charge in [-0.15, -0.1) is 0 Å². The van der Waals surface area contributed by atoms with E-state index in [1.807, 2.05) is 19.1 Å². The van der Waals surface area contributed by atoms with Crippen LogP contribution in [0.1, 0.15) is 76.2 Å². The Hall–Kier alpha value is -0.900. The van der Waals surface area contributed by atoms with E-state index in [2.05, 4.69) is 13.0 Å². The van der Waals surface area contributed by atoms with Gasteiger partial charge in [0.15, 0.2) is 0 Å². The molecule has 0 amide bonds. The van der Waals surface area contributed by atoms with Crippen molar-refractivity contribution in [1.29, 1.82) is 0 Å². The van der Waals surface area contributed by atoms with Crippen LogP contribution in [0.15, 0.2) is 18.2 Å². The molecule has 3 nitrogen and oxygen atoms in total. The van der Waals surface area contributed by atoms with Gasteiger partial charge in [-0.25, -0.2) is 0 Å². The summed E-state index contributed by atoms with van der Waals surface area (Å²) in [4.78, 5) is 0. The van der Waals surface area contributed by atoms with Crippen molar-refractivity contribution in [1.82, 2.24) is 0 Å². The second kappa shape index (κ2) is 4.80. The maximum atomic E-state index is 10.8. The van der Waals surface area contributed by atoms with Gasteiger partial charge in [0.2, 0.25) is 0 Å². The van der Waals surface area contributed by atoms with Crippen molar-refractivity contribution in [2.75, 3.05) is 0 Å². The lowest BCUT2D eigenvalue weighted by Gasteiger charge is -2.54. The first-order chi connectivity index (χ1) is 10.1. The third kappa shape index (κ3) is 2.31. The molecule has 2 aliphatic rings. The van der Waals surface area contributed by atoms with Crippen LogP contribution in [-0.2, 0) is 11.0 Å². The molecular formula is C19H28O3. The summed E-state index contributed by atoms with van der Waals surface area (Å²) in [7, 11) is 0. The summed E-state index contributed by atoms with van der Waals surface area (Å²) in [5.74, 6) is 0.0734. The van der Waals surface area contributed by atoms with Crippen molar-refractivity contribution in [3.05, 3.63) is 34.9 Å². The van der Waals surface area contributed by atoms with Crippen molar-refractivity contribution in [3.63, 3.8) is 0 Å². The van der Waals surface area contributed by atoms with E-state index in [9.17, 15) is 15.3 Å². The van der Waals surface area contributed by atoms with Gasteiger partial charge in [-0.2, -0.15) is 0 Å². The van der Waals surface area contributed by atoms with Crippen molar-refractivity contribution in [2.45, 2.75) is 76.1 Å². The van der Waals surface area contributed by atoms with Crippen LogP contribution in [0.5, 0.6) is 0 Å². The molecule has 3 N–H and O–H groups in total. The average molecular weight is 304 g/mol. The van der Waals surface area contributed by atoms with Crippen LogP contribution in [0.4, 0.5) is 0 Å². The predicted molar refractivity (Wildman–Crippen MR) is 86.6 cm³/mol. The molecule has 0 heterocycles. The summed E-state index contributed by atoms with van der Waals surface area (Å²) in [6.45, 7) is 7.66. The van der Waals surface area contributed by atoms with Gasteiger partial charge in [-0.3, -0.25) is 0 Å². The highest BCUT2D eigenvalue weighted by Gasteiger charge is 2.53. The Labute approximate surface area is 133 Å². The van der Waals surface area contributed by atoms with Crippen LogP contribution in [0, 0.1) is 5.92 Å². The lowest BCUT2D eigenvalue weighted by Crippen LogP contribution is -2.53. The maximum absolute atomic E-state index is 10.8. The first-order valence-corrected chi connectivity index (χ1v) is 8.33. The molecule has 0 aromatic heterocycles. The van der Waals surface area contributed by atoms with Crippen LogP contribution in [-0.4, -0.2) is 20.9 Å². The number of aliphatic hydroxyl groups excluding tert-OH is 1. The standard InChI is InChI=1S/C19H28O3/c1-17(2,21)12-6-7-14-13(10-12)15(20)11-16-18(14,3)8-5-9-19(16,4)22/h6-7,10,15-16,20-22H,5,8-9,11H2,1-4H3/t15-,16-,18-,19-/m1/s1. The highest BCUT2D eigenvalue weighted by atomic mass is 16.3. The van der Waals surface area contributed by atoms with E-state index in [1.165, 1.54) is 0 Å². The molecule has 3 rings (SSSR count). The molecule has 1 aromatic carbocycles. The number of fused-ring (bicyclic) bond motifs is 3. The highest BCUT2D eigenvalue weighted by molar-refractivity contribution is 5.44. The smallest absolute Gasteiger partial charge is 0.0840 e. The second-order valence-electron chi connectivity index (χ2n) is 8.29. The molecule has 0 saturated heterocycles. The fraction of sp³-hybridized carbons (Fsp3) is 0.684. The van der Waals surface area contributed by atoms with Gasteiger partial charge < -0.3 is 15.3 Å². The molecule has 22 heavy (non-hydrogen) atoms. The average Bonchev–Trinajstić information content (AvgIpc) is 2.40. The lowest BCUT2D eigenvalue weighted by molar-refractivity contribution is -0.0932. The van der Waals surface area contributed by atoms with Crippen molar-refractivity contribution < 1.29 is 15.3 Å². The Balaban J connectivity index is 2.13. The van der Waals surface area contributed by atoms with Gasteiger partial charge in [-0.1, -0.05) is 25.1 Å². The van der Waals surface area contributed by atoms with Gasteiger partial charge in [0.25, 0.3) is 0 Å². The minimum Gasteiger partial charge on any atom is -0.390 e. The molecule has 2 aliphatic carbocycles. The van der Waals surface area contributed by atoms with Crippen LogP contribution >= 0.6 is 0 Å². The van der Waals surface area contributed by atoms with E-state index in [0.29, 0.717) is 6.42 Å². The van der Waals surface area contributed by atoms with Crippen LogP contribution in [0.2, 0.25) is 0 Å². The fourth-order valence-corrected chi connectivity index (χ4v) is 4.77. The van der Waals surface area contributed by atoms with Crippen LogP contribution in [0.25, 0.3) is 0 Å². The fourth-order valence-electron chi connectivity index (χ4n) is 4.77. The highest BCUT2D eigenvalue weighted by Crippen LogP contribution is 2.56. The zero-order valence-electron chi connectivity index (χ0n) is 14.1. The molecule has 4 atom stereocenters. The summed E-state index contributed by atoms with van der Waals surface area (Å²) in [5.41, 5.74) is 1.16. The van der Waals surface area contributed by atoms with Crippen molar-refractivity contribution >= 4 is 0 Å². The monoisotopic (exact) mass is 304 g/mol. The van der Waals surface area contributed by atoms with E-state index in [4.69, 9.17) is 0 Å². The molecule has 1 saturated carbocycles. The number of hydrogen-bond acceptors (Lipinski definition) is 3.